The quantitative estimate of drug-likeness (QED) is 0.692. The van der Waals surface area contributed by atoms with Crippen LogP contribution in [-0.2, 0) is 11.3 Å². The van der Waals surface area contributed by atoms with Crippen molar-refractivity contribution in [2.45, 2.75) is 50.2 Å². The molecule has 2 N–H and O–H groups in total. The zero-order chi connectivity index (χ0) is 18.6. The molecule has 1 aromatic carbocycles. The Bertz CT molecular complexity index is 806. The summed E-state index contributed by atoms with van der Waals surface area (Å²) in [7, 11) is 0. The van der Waals surface area contributed by atoms with E-state index in [1.54, 1.807) is 25.1 Å². The van der Waals surface area contributed by atoms with Crippen molar-refractivity contribution in [1.82, 2.24) is 20.1 Å². The molecule has 1 amide bonds. The predicted molar refractivity (Wildman–Crippen MR) is 101 cm³/mol. The lowest BCUT2D eigenvalue weighted by molar-refractivity contribution is -0.120. The molecule has 2 unspecified atom stereocenters. The number of aromatic nitrogens is 3. The molecule has 0 bridgehead atoms. The molecule has 0 spiro atoms. The number of hydrogen-bond donors (Lipinski definition) is 2. The zero-order valence-electron chi connectivity index (χ0n) is 14.2. The normalized spacial score (nSPS) is 13.5. The van der Waals surface area contributed by atoms with Crippen LogP contribution in [-0.4, -0.2) is 25.9 Å². The Hall–Kier alpha value is -1.44. The minimum atomic E-state index is -0.417. The van der Waals surface area contributed by atoms with E-state index in [1.165, 1.54) is 16.3 Å². The molecule has 0 aliphatic heterocycles. The number of rotatable bonds is 7. The van der Waals surface area contributed by atoms with Crippen molar-refractivity contribution < 1.29 is 4.79 Å². The second kappa shape index (κ2) is 8.78. The highest BCUT2D eigenvalue weighted by Crippen LogP contribution is 2.27. The molecule has 0 radical (unpaired) electrons. The van der Waals surface area contributed by atoms with Gasteiger partial charge in [-0.05, 0) is 38.0 Å². The van der Waals surface area contributed by atoms with Crippen molar-refractivity contribution in [2.24, 2.45) is 0 Å². The third-order valence-corrected chi connectivity index (χ3v) is 5.26. The number of amides is 1. The van der Waals surface area contributed by atoms with Crippen molar-refractivity contribution in [3.63, 3.8) is 0 Å². The largest absolute Gasteiger partial charge is 0.349 e. The highest BCUT2D eigenvalue weighted by atomic mass is 35.5. The molecule has 25 heavy (non-hydrogen) atoms. The van der Waals surface area contributed by atoms with Gasteiger partial charge in [-0.1, -0.05) is 48.0 Å². The number of carbonyl (C=O) groups is 1. The van der Waals surface area contributed by atoms with E-state index >= 15 is 0 Å². The van der Waals surface area contributed by atoms with Gasteiger partial charge in [0.05, 0.1) is 11.3 Å². The molecule has 0 fully saturated rings. The van der Waals surface area contributed by atoms with E-state index in [-0.39, 0.29) is 17.6 Å². The third kappa shape index (κ3) is 5.03. The van der Waals surface area contributed by atoms with Crippen LogP contribution in [0, 0.1) is 0 Å². The highest BCUT2D eigenvalue weighted by Gasteiger charge is 2.21. The lowest BCUT2D eigenvalue weighted by atomic mass is 10.1. The summed E-state index contributed by atoms with van der Waals surface area (Å²) in [4.78, 5) is 24.2. The van der Waals surface area contributed by atoms with Crippen molar-refractivity contribution in [2.75, 3.05) is 0 Å². The van der Waals surface area contributed by atoms with Crippen LogP contribution in [0.5, 0.6) is 0 Å². The van der Waals surface area contributed by atoms with Gasteiger partial charge >= 0.3 is 5.69 Å². The molecular formula is C16H20Cl2N4O2S. The van der Waals surface area contributed by atoms with Crippen LogP contribution in [0.15, 0.2) is 28.2 Å². The standard InChI is InChI=1S/C16H20Cl2N4O2S/c1-4-7-22-15(24)20-21-16(22)25-10(3)14(23)19-9(2)12-6-5-11(17)8-13(12)18/h5-6,8-10H,4,7H2,1-3H3,(H,19,23)(H,20,24). The van der Waals surface area contributed by atoms with Gasteiger partial charge in [0.1, 0.15) is 0 Å². The van der Waals surface area contributed by atoms with Crippen molar-refractivity contribution in [1.29, 1.82) is 0 Å². The molecule has 0 saturated carbocycles. The Labute approximate surface area is 160 Å². The van der Waals surface area contributed by atoms with Crippen LogP contribution in [0.4, 0.5) is 0 Å². The number of hydrogen-bond acceptors (Lipinski definition) is 4. The zero-order valence-corrected chi connectivity index (χ0v) is 16.5. The molecule has 2 aromatic rings. The molecule has 0 aliphatic rings. The van der Waals surface area contributed by atoms with E-state index in [9.17, 15) is 9.59 Å². The van der Waals surface area contributed by atoms with Gasteiger partial charge in [-0.15, -0.1) is 5.10 Å². The van der Waals surface area contributed by atoms with Crippen LogP contribution in [0.25, 0.3) is 0 Å². The van der Waals surface area contributed by atoms with Crippen LogP contribution in [0.2, 0.25) is 10.0 Å². The van der Waals surface area contributed by atoms with Crippen LogP contribution < -0.4 is 11.0 Å². The monoisotopic (exact) mass is 402 g/mol. The van der Waals surface area contributed by atoms with Gasteiger partial charge in [0.2, 0.25) is 5.91 Å². The lowest BCUT2D eigenvalue weighted by Crippen LogP contribution is -2.33. The van der Waals surface area contributed by atoms with Crippen LogP contribution in [0.1, 0.15) is 38.8 Å². The first-order valence-electron chi connectivity index (χ1n) is 7.90. The third-order valence-electron chi connectivity index (χ3n) is 3.61. The number of benzene rings is 1. The molecule has 2 atom stereocenters. The summed E-state index contributed by atoms with van der Waals surface area (Å²) in [6, 6.07) is 4.90. The molecule has 9 heteroatoms. The molecule has 0 saturated heterocycles. The molecule has 2 rings (SSSR count). The second-order valence-electron chi connectivity index (χ2n) is 5.62. The number of halogens is 2. The van der Waals surface area contributed by atoms with Gasteiger partial charge in [-0.3, -0.25) is 9.36 Å². The number of nitrogens with zero attached hydrogens (tertiary/aromatic N) is 2. The van der Waals surface area contributed by atoms with Crippen molar-refractivity contribution in [3.05, 3.63) is 44.3 Å². The molecule has 6 nitrogen and oxygen atoms in total. The van der Waals surface area contributed by atoms with Gasteiger partial charge in [0, 0.05) is 16.6 Å². The Morgan fingerprint density at radius 1 is 1.40 bits per heavy atom. The van der Waals surface area contributed by atoms with Crippen molar-refractivity contribution in [3.8, 4) is 0 Å². The van der Waals surface area contributed by atoms with Crippen molar-refractivity contribution >= 4 is 40.9 Å². The summed E-state index contributed by atoms with van der Waals surface area (Å²) in [5.41, 5.74) is 0.526. The minimum Gasteiger partial charge on any atom is -0.349 e. The summed E-state index contributed by atoms with van der Waals surface area (Å²) in [6.07, 6.45) is 0.805. The number of aromatic amines is 1. The fourth-order valence-electron chi connectivity index (χ4n) is 2.29. The van der Waals surface area contributed by atoms with Gasteiger partial charge in [-0.2, -0.15) is 0 Å². The van der Waals surface area contributed by atoms with E-state index in [0.29, 0.717) is 21.7 Å². The smallest absolute Gasteiger partial charge is 0.343 e. The Morgan fingerprint density at radius 3 is 2.76 bits per heavy atom. The number of nitrogens with one attached hydrogen (secondary N) is 2. The molecule has 136 valence electrons. The van der Waals surface area contributed by atoms with Crippen LogP contribution >= 0.6 is 35.0 Å². The number of H-pyrrole nitrogens is 1. The van der Waals surface area contributed by atoms with E-state index < -0.39 is 5.25 Å². The van der Waals surface area contributed by atoms with Gasteiger partial charge in [0.25, 0.3) is 0 Å². The van der Waals surface area contributed by atoms with Crippen LogP contribution in [0.3, 0.4) is 0 Å². The second-order valence-corrected chi connectivity index (χ2v) is 7.77. The first-order valence-corrected chi connectivity index (χ1v) is 9.54. The predicted octanol–water partition coefficient (Wildman–Crippen LogP) is 3.65. The average molecular weight is 403 g/mol. The maximum atomic E-state index is 12.5. The van der Waals surface area contributed by atoms with E-state index in [1.807, 2.05) is 13.8 Å². The Balaban J connectivity index is 2.04. The first-order chi connectivity index (χ1) is 11.8. The summed E-state index contributed by atoms with van der Waals surface area (Å²) in [5.74, 6) is -0.165. The SMILES string of the molecule is CCCn1c(SC(C)C(=O)NC(C)c2ccc(Cl)cc2Cl)n[nH]c1=O. The molecule has 1 aromatic heterocycles. The van der Waals surface area contributed by atoms with Gasteiger partial charge in [0.15, 0.2) is 5.16 Å². The van der Waals surface area contributed by atoms with Gasteiger partial charge < -0.3 is 5.32 Å². The fourth-order valence-corrected chi connectivity index (χ4v) is 3.75. The fraction of sp³-hybridized carbons (Fsp3) is 0.438. The lowest BCUT2D eigenvalue weighted by Gasteiger charge is -2.18. The molecule has 1 heterocycles. The Kier molecular flexibility index (Phi) is 6.98. The summed E-state index contributed by atoms with van der Waals surface area (Å²) in [6.45, 7) is 6.15. The maximum absolute atomic E-state index is 12.5. The number of carbonyl (C=O) groups excluding carboxylic acids is 1. The average Bonchev–Trinajstić information content (AvgIpc) is 2.88. The first kappa shape index (κ1) is 19.9. The summed E-state index contributed by atoms with van der Waals surface area (Å²) < 4.78 is 1.54. The molecular weight excluding hydrogens is 383 g/mol. The summed E-state index contributed by atoms with van der Waals surface area (Å²) >= 11 is 13.3. The minimum absolute atomic E-state index is 0.165. The van der Waals surface area contributed by atoms with E-state index in [2.05, 4.69) is 15.5 Å². The highest BCUT2D eigenvalue weighted by molar-refractivity contribution is 8.00. The van der Waals surface area contributed by atoms with E-state index in [0.717, 1.165) is 12.0 Å². The Morgan fingerprint density at radius 2 is 2.12 bits per heavy atom. The maximum Gasteiger partial charge on any atom is 0.343 e. The summed E-state index contributed by atoms with van der Waals surface area (Å²) in [5, 5.41) is 10.5. The topological polar surface area (TPSA) is 79.8 Å². The van der Waals surface area contributed by atoms with E-state index in [4.69, 9.17) is 23.2 Å². The number of thioether (sulfide) groups is 1. The molecule has 0 aliphatic carbocycles. The van der Waals surface area contributed by atoms with Gasteiger partial charge in [-0.25, -0.2) is 9.89 Å².